The van der Waals surface area contributed by atoms with Gasteiger partial charge >= 0.3 is 0 Å². The Morgan fingerprint density at radius 1 is 1.40 bits per heavy atom. The van der Waals surface area contributed by atoms with Gasteiger partial charge in [0.25, 0.3) is 0 Å². The van der Waals surface area contributed by atoms with Gasteiger partial charge in [-0.2, -0.15) is 0 Å². The summed E-state index contributed by atoms with van der Waals surface area (Å²) < 4.78 is 13.4. The first-order chi connectivity index (χ1) is 7.19. The molecule has 1 aliphatic heterocycles. The Hall–Kier alpha value is -1.25. The molecular formula is C12H15FN2. The normalized spacial score (nSPS) is 28.9. The average Bonchev–Trinajstić information content (AvgIpc) is 3.01. The van der Waals surface area contributed by atoms with Gasteiger partial charge < -0.3 is 10.6 Å². The molecule has 3 rings (SSSR count). The molecule has 1 aromatic rings. The molecule has 80 valence electrons. The van der Waals surface area contributed by atoms with E-state index in [1.165, 1.54) is 18.9 Å². The monoisotopic (exact) mass is 206 g/mol. The molecule has 2 aliphatic rings. The van der Waals surface area contributed by atoms with Crippen molar-refractivity contribution in [3.05, 3.63) is 24.0 Å². The number of anilines is 2. The third-order valence-electron chi connectivity index (χ3n) is 3.54. The van der Waals surface area contributed by atoms with Crippen molar-refractivity contribution in [1.29, 1.82) is 0 Å². The van der Waals surface area contributed by atoms with Crippen molar-refractivity contribution in [1.82, 2.24) is 0 Å². The Labute approximate surface area is 88.9 Å². The molecule has 2 nitrogen and oxygen atoms in total. The maximum atomic E-state index is 13.4. The van der Waals surface area contributed by atoms with E-state index in [9.17, 15) is 4.39 Å². The van der Waals surface area contributed by atoms with E-state index >= 15 is 0 Å². The highest BCUT2D eigenvalue weighted by atomic mass is 19.1. The van der Waals surface area contributed by atoms with E-state index in [1.54, 1.807) is 6.07 Å². The minimum atomic E-state index is -0.169. The van der Waals surface area contributed by atoms with Crippen LogP contribution in [0.15, 0.2) is 18.2 Å². The van der Waals surface area contributed by atoms with Crippen LogP contribution in [0.5, 0.6) is 0 Å². The molecule has 3 heteroatoms. The van der Waals surface area contributed by atoms with Crippen LogP contribution >= 0.6 is 0 Å². The van der Waals surface area contributed by atoms with Crippen molar-refractivity contribution in [3.63, 3.8) is 0 Å². The summed E-state index contributed by atoms with van der Waals surface area (Å²) in [5.41, 5.74) is 1.62. The van der Waals surface area contributed by atoms with Crippen LogP contribution in [-0.2, 0) is 0 Å². The predicted molar refractivity (Wildman–Crippen MR) is 59.6 cm³/mol. The fourth-order valence-corrected chi connectivity index (χ4v) is 2.40. The minimum Gasteiger partial charge on any atom is -0.379 e. The van der Waals surface area contributed by atoms with Crippen LogP contribution in [0.3, 0.4) is 0 Å². The zero-order valence-corrected chi connectivity index (χ0v) is 8.81. The summed E-state index contributed by atoms with van der Waals surface area (Å²) in [6, 6.07) is 5.18. The highest BCUT2D eigenvalue weighted by Gasteiger charge is 2.43. The molecule has 1 fully saturated rings. The summed E-state index contributed by atoms with van der Waals surface area (Å²) >= 11 is 0. The van der Waals surface area contributed by atoms with Crippen LogP contribution in [-0.4, -0.2) is 12.1 Å². The topological polar surface area (TPSA) is 24.1 Å². The summed E-state index contributed by atoms with van der Waals surface area (Å²) in [4.78, 5) is 0. The van der Waals surface area contributed by atoms with Crippen LogP contribution in [0.2, 0.25) is 0 Å². The summed E-state index contributed by atoms with van der Waals surface area (Å²) in [7, 11) is 0. The maximum absolute atomic E-state index is 13.4. The molecule has 0 bridgehead atoms. The highest BCUT2D eigenvalue weighted by molar-refractivity contribution is 5.72. The van der Waals surface area contributed by atoms with Gasteiger partial charge in [-0.15, -0.1) is 0 Å². The zero-order chi connectivity index (χ0) is 10.5. The Kier molecular flexibility index (Phi) is 1.73. The van der Waals surface area contributed by atoms with E-state index in [-0.39, 0.29) is 11.4 Å². The number of halogens is 1. The van der Waals surface area contributed by atoms with Crippen molar-refractivity contribution in [2.75, 3.05) is 17.2 Å². The molecule has 0 amide bonds. The molecular weight excluding hydrogens is 191 g/mol. The van der Waals surface area contributed by atoms with Gasteiger partial charge in [0.15, 0.2) is 0 Å². The Bertz CT molecular complexity index is 401. The molecule has 1 saturated carbocycles. The van der Waals surface area contributed by atoms with Gasteiger partial charge in [-0.05, 0) is 37.8 Å². The number of nitrogens with one attached hydrogen (secondary N) is 2. The third kappa shape index (κ3) is 1.37. The van der Waals surface area contributed by atoms with E-state index in [0.29, 0.717) is 5.69 Å². The SMILES string of the molecule is CC1(C2CC2)CNc2c(F)cccc2N1. The Morgan fingerprint density at radius 3 is 2.93 bits per heavy atom. The van der Waals surface area contributed by atoms with Crippen molar-refractivity contribution in [3.8, 4) is 0 Å². The maximum Gasteiger partial charge on any atom is 0.148 e. The summed E-state index contributed by atoms with van der Waals surface area (Å²) in [6.07, 6.45) is 2.58. The van der Waals surface area contributed by atoms with Crippen LogP contribution in [0, 0.1) is 11.7 Å². The molecule has 1 aromatic carbocycles. The minimum absolute atomic E-state index is 0.0980. The van der Waals surface area contributed by atoms with E-state index in [1.807, 2.05) is 6.07 Å². The Balaban J connectivity index is 1.96. The van der Waals surface area contributed by atoms with Gasteiger partial charge in [-0.1, -0.05) is 6.07 Å². The highest BCUT2D eigenvalue weighted by Crippen LogP contribution is 2.44. The molecule has 0 saturated heterocycles. The second-order valence-electron chi connectivity index (χ2n) is 4.83. The van der Waals surface area contributed by atoms with Gasteiger partial charge in [-0.25, -0.2) is 4.39 Å². The molecule has 0 aromatic heterocycles. The number of hydrogen-bond acceptors (Lipinski definition) is 2. The van der Waals surface area contributed by atoms with Crippen molar-refractivity contribution < 1.29 is 4.39 Å². The molecule has 2 N–H and O–H groups in total. The van der Waals surface area contributed by atoms with Gasteiger partial charge in [0.1, 0.15) is 5.82 Å². The number of para-hydroxylation sites is 1. The molecule has 1 atom stereocenters. The van der Waals surface area contributed by atoms with E-state index < -0.39 is 0 Å². The van der Waals surface area contributed by atoms with Gasteiger partial charge in [-0.3, -0.25) is 0 Å². The standard InChI is InChI=1S/C12H15FN2/c1-12(8-5-6-8)7-14-11-9(13)3-2-4-10(11)15-12/h2-4,8,14-15H,5-7H2,1H3. The first-order valence-corrected chi connectivity index (χ1v) is 5.50. The van der Waals surface area contributed by atoms with Crippen LogP contribution in [0.1, 0.15) is 19.8 Å². The van der Waals surface area contributed by atoms with Crippen molar-refractivity contribution in [2.24, 2.45) is 5.92 Å². The zero-order valence-electron chi connectivity index (χ0n) is 8.81. The lowest BCUT2D eigenvalue weighted by molar-refractivity contribution is 0.463. The molecule has 0 spiro atoms. The number of fused-ring (bicyclic) bond motifs is 1. The largest absolute Gasteiger partial charge is 0.379 e. The number of benzene rings is 1. The molecule has 0 radical (unpaired) electrons. The second kappa shape index (κ2) is 2.87. The van der Waals surface area contributed by atoms with Crippen LogP contribution in [0.25, 0.3) is 0 Å². The molecule has 1 aliphatic carbocycles. The third-order valence-corrected chi connectivity index (χ3v) is 3.54. The smallest absolute Gasteiger partial charge is 0.148 e. The molecule has 1 unspecified atom stereocenters. The van der Waals surface area contributed by atoms with Gasteiger partial charge in [0.2, 0.25) is 0 Å². The fourth-order valence-electron chi connectivity index (χ4n) is 2.40. The Morgan fingerprint density at radius 2 is 2.20 bits per heavy atom. The first kappa shape index (κ1) is 9.01. The number of rotatable bonds is 1. The first-order valence-electron chi connectivity index (χ1n) is 5.50. The fraction of sp³-hybridized carbons (Fsp3) is 0.500. The van der Waals surface area contributed by atoms with E-state index in [2.05, 4.69) is 17.6 Å². The summed E-state index contributed by atoms with van der Waals surface area (Å²) in [5.74, 6) is 0.569. The van der Waals surface area contributed by atoms with Crippen LogP contribution in [0.4, 0.5) is 15.8 Å². The molecule has 15 heavy (non-hydrogen) atoms. The average molecular weight is 206 g/mol. The van der Waals surface area contributed by atoms with E-state index in [0.717, 1.165) is 18.2 Å². The lowest BCUT2D eigenvalue weighted by Crippen LogP contribution is -2.47. The predicted octanol–water partition coefficient (Wildman–Crippen LogP) is 2.83. The van der Waals surface area contributed by atoms with Gasteiger partial charge in [0.05, 0.1) is 16.9 Å². The summed E-state index contributed by atoms with van der Waals surface area (Å²) in [6.45, 7) is 3.02. The lowest BCUT2D eigenvalue weighted by atomic mass is 9.92. The van der Waals surface area contributed by atoms with Crippen molar-refractivity contribution in [2.45, 2.75) is 25.3 Å². The summed E-state index contributed by atoms with van der Waals surface area (Å²) in [5, 5.41) is 6.68. The van der Waals surface area contributed by atoms with Gasteiger partial charge in [0, 0.05) is 6.54 Å². The van der Waals surface area contributed by atoms with E-state index in [4.69, 9.17) is 0 Å². The second-order valence-corrected chi connectivity index (χ2v) is 4.83. The lowest BCUT2D eigenvalue weighted by Gasteiger charge is -2.38. The van der Waals surface area contributed by atoms with Crippen molar-refractivity contribution >= 4 is 11.4 Å². The quantitative estimate of drug-likeness (QED) is 0.738. The molecule has 1 heterocycles. The van der Waals surface area contributed by atoms with Crippen LogP contribution < -0.4 is 10.6 Å². The number of hydrogen-bond donors (Lipinski definition) is 2.